The highest BCUT2D eigenvalue weighted by atomic mass is 16.5. The van der Waals surface area contributed by atoms with Crippen molar-refractivity contribution < 1.29 is 18.5 Å². The summed E-state index contributed by atoms with van der Waals surface area (Å²) in [6.07, 6.45) is 6.19. The number of anilines is 1. The maximum Gasteiger partial charge on any atom is 0.324 e. The highest BCUT2D eigenvalue weighted by Crippen LogP contribution is 2.26. The minimum atomic E-state index is 0.0312. The molecule has 0 radical (unpaired) electrons. The van der Waals surface area contributed by atoms with Crippen molar-refractivity contribution in [1.29, 1.82) is 0 Å². The van der Waals surface area contributed by atoms with Crippen molar-refractivity contribution in [2.75, 3.05) is 44.7 Å². The normalized spacial score (nSPS) is 19.4. The average Bonchev–Trinajstić information content (AvgIpc) is 3.66. The standard InChI is InChI=1S/C25H31N5O4/c1-32-22-4-2-20(3-5-22)23-27-25(34-28-23)30-11-7-21(8-12-30)24(31)26-14-18-6-10-29(15-18)16-19-9-13-33-17-19/h2-5,9,13,17-18,21H,6-8,10-12,14-16H2,1H3,(H,26,31). The van der Waals surface area contributed by atoms with E-state index in [-0.39, 0.29) is 11.8 Å². The number of rotatable bonds is 8. The molecule has 1 aromatic carbocycles. The Morgan fingerprint density at radius 3 is 2.71 bits per heavy atom. The molecule has 2 aromatic heterocycles. The lowest BCUT2D eigenvalue weighted by atomic mass is 9.96. The Labute approximate surface area is 199 Å². The van der Waals surface area contributed by atoms with Crippen LogP contribution in [-0.2, 0) is 11.3 Å². The van der Waals surface area contributed by atoms with Gasteiger partial charge in [-0.05, 0) is 62.1 Å². The average molecular weight is 466 g/mol. The largest absolute Gasteiger partial charge is 0.497 e. The molecule has 3 aromatic rings. The van der Waals surface area contributed by atoms with E-state index in [0.717, 1.165) is 69.8 Å². The van der Waals surface area contributed by atoms with Crippen LogP contribution >= 0.6 is 0 Å². The predicted octanol–water partition coefficient (Wildman–Crippen LogP) is 3.19. The van der Waals surface area contributed by atoms with Crippen molar-refractivity contribution in [1.82, 2.24) is 20.4 Å². The summed E-state index contributed by atoms with van der Waals surface area (Å²) in [6.45, 7) is 5.18. The zero-order valence-corrected chi connectivity index (χ0v) is 19.5. The van der Waals surface area contributed by atoms with E-state index in [1.54, 1.807) is 19.6 Å². The number of hydrogen-bond donors (Lipinski definition) is 1. The van der Waals surface area contributed by atoms with E-state index in [1.807, 2.05) is 30.3 Å². The fourth-order valence-electron chi connectivity index (χ4n) is 4.79. The van der Waals surface area contributed by atoms with Crippen LogP contribution in [0.5, 0.6) is 5.75 Å². The lowest BCUT2D eigenvalue weighted by Gasteiger charge is -2.30. The van der Waals surface area contributed by atoms with Crippen molar-refractivity contribution in [3.8, 4) is 17.1 Å². The lowest BCUT2D eigenvalue weighted by molar-refractivity contribution is -0.125. The number of carbonyl (C=O) groups excluding carboxylic acids is 1. The molecule has 0 aliphatic carbocycles. The molecule has 2 aliphatic rings. The Kier molecular flexibility index (Phi) is 6.80. The van der Waals surface area contributed by atoms with Gasteiger partial charge in [-0.2, -0.15) is 4.98 Å². The Morgan fingerprint density at radius 1 is 1.15 bits per heavy atom. The molecule has 1 N–H and O–H groups in total. The van der Waals surface area contributed by atoms with Crippen LogP contribution in [0.25, 0.3) is 11.4 Å². The molecular formula is C25H31N5O4. The highest BCUT2D eigenvalue weighted by molar-refractivity contribution is 5.79. The van der Waals surface area contributed by atoms with E-state index < -0.39 is 0 Å². The molecule has 1 unspecified atom stereocenters. The number of nitrogens with zero attached hydrogens (tertiary/aromatic N) is 4. The number of nitrogens with one attached hydrogen (secondary N) is 1. The molecule has 9 nitrogen and oxygen atoms in total. The predicted molar refractivity (Wildman–Crippen MR) is 126 cm³/mol. The van der Waals surface area contributed by atoms with Crippen LogP contribution in [0.1, 0.15) is 24.8 Å². The summed E-state index contributed by atoms with van der Waals surface area (Å²) in [5, 5.41) is 7.32. The van der Waals surface area contributed by atoms with Crippen molar-refractivity contribution in [2.24, 2.45) is 11.8 Å². The Morgan fingerprint density at radius 2 is 1.97 bits per heavy atom. The second-order valence-corrected chi connectivity index (χ2v) is 9.16. The lowest BCUT2D eigenvalue weighted by Crippen LogP contribution is -2.42. The number of benzene rings is 1. The molecule has 4 heterocycles. The van der Waals surface area contributed by atoms with Gasteiger partial charge in [0.05, 0.1) is 19.6 Å². The summed E-state index contributed by atoms with van der Waals surface area (Å²) in [5.74, 6) is 2.04. The fraction of sp³-hybridized carbons (Fsp3) is 0.480. The van der Waals surface area contributed by atoms with Crippen LogP contribution in [0.3, 0.4) is 0 Å². The maximum absolute atomic E-state index is 12.8. The summed E-state index contributed by atoms with van der Waals surface area (Å²) >= 11 is 0. The van der Waals surface area contributed by atoms with Crippen LogP contribution in [0.4, 0.5) is 6.01 Å². The summed E-state index contributed by atoms with van der Waals surface area (Å²) in [6, 6.07) is 10.1. The molecule has 0 spiro atoms. The minimum Gasteiger partial charge on any atom is -0.497 e. The third-order valence-electron chi connectivity index (χ3n) is 6.82. The van der Waals surface area contributed by atoms with E-state index in [1.165, 1.54) is 5.56 Å². The van der Waals surface area contributed by atoms with Gasteiger partial charge in [-0.3, -0.25) is 9.69 Å². The molecule has 1 atom stereocenters. The molecule has 2 saturated heterocycles. The highest BCUT2D eigenvalue weighted by Gasteiger charge is 2.29. The number of hydrogen-bond acceptors (Lipinski definition) is 8. The smallest absolute Gasteiger partial charge is 0.324 e. The first-order chi connectivity index (χ1) is 16.7. The van der Waals surface area contributed by atoms with Crippen LogP contribution in [0.2, 0.25) is 0 Å². The topological polar surface area (TPSA) is 96.9 Å². The van der Waals surface area contributed by atoms with Gasteiger partial charge in [0.15, 0.2) is 0 Å². The van der Waals surface area contributed by atoms with Gasteiger partial charge in [0.2, 0.25) is 11.7 Å². The fourth-order valence-corrected chi connectivity index (χ4v) is 4.79. The van der Waals surface area contributed by atoms with Crippen LogP contribution in [0.15, 0.2) is 51.8 Å². The number of methoxy groups -OCH3 is 1. The second kappa shape index (κ2) is 10.3. The second-order valence-electron chi connectivity index (χ2n) is 9.16. The number of amides is 1. The first-order valence-corrected chi connectivity index (χ1v) is 11.9. The number of carbonyl (C=O) groups is 1. The monoisotopic (exact) mass is 465 g/mol. The molecule has 0 saturated carbocycles. The zero-order valence-electron chi connectivity index (χ0n) is 19.5. The molecule has 0 bridgehead atoms. The van der Waals surface area contributed by atoms with Crippen LogP contribution in [-0.4, -0.2) is 60.8 Å². The van der Waals surface area contributed by atoms with E-state index in [4.69, 9.17) is 13.7 Å². The molecule has 9 heteroatoms. The summed E-state index contributed by atoms with van der Waals surface area (Å²) in [7, 11) is 1.64. The number of furan rings is 1. The van der Waals surface area contributed by atoms with Crippen molar-refractivity contribution in [3.63, 3.8) is 0 Å². The third-order valence-corrected chi connectivity index (χ3v) is 6.82. The molecular weight excluding hydrogens is 434 g/mol. The first-order valence-electron chi connectivity index (χ1n) is 11.9. The van der Waals surface area contributed by atoms with Crippen LogP contribution in [0, 0.1) is 11.8 Å². The van der Waals surface area contributed by atoms with Gasteiger partial charge < -0.3 is 23.9 Å². The van der Waals surface area contributed by atoms with Gasteiger partial charge in [0.25, 0.3) is 0 Å². The maximum atomic E-state index is 12.8. The van der Waals surface area contributed by atoms with E-state index in [0.29, 0.717) is 17.8 Å². The van der Waals surface area contributed by atoms with Crippen molar-refractivity contribution in [3.05, 3.63) is 48.4 Å². The van der Waals surface area contributed by atoms with E-state index in [9.17, 15) is 4.79 Å². The third kappa shape index (κ3) is 5.25. The van der Waals surface area contributed by atoms with Gasteiger partial charge in [-0.15, -0.1) is 0 Å². The zero-order chi connectivity index (χ0) is 23.3. The van der Waals surface area contributed by atoms with Crippen LogP contribution < -0.4 is 15.0 Å². The van der Waals surface area contributed by atoms with Crippen molar-refractivity contribution in [2.45, 2.75) is 25.8 Å². The van der Waals surface area contributed by atoms with E-state index >= 15 is 0 Å². The summed E-state index contributed by atoms with van der Waals surface area (Å²) in [5.41, 5.74) is 2.08. The van der Waals surface area contributed by atoms with E-state index in [2.05, 4.69) is 25.3 Å². The Hall–Kier alpha value is -3.33. The molecule has 180 valence electrons. The first kappa shape index (κ1) is 22.5. The molecule has 5 rings (SSSR count). The summed E-state index contributed by atoms with van der Waals surface area (Å²) in [4.78, 5) is 21.8. The van der Waals surface area contributed by atoms with Crippen molar-refractivity contribution >= 4 is 11.9 Å². The van der Waals surface area contributed by atoms with Gasteiger partial charge in [-0.1, -0.05) is 5.16 Å². The number of ether oxygens (including phenoxy) is 1. The van der Waals surface area contributed by atoms with Gasteiger partial charge in [0, 0.05) is 49.8 Å². The van der Waals surface area contributed by atoms with Gasteiger partial charge in [-0.25, -0.2) is 0 Å². The Bertz CT molecular complexity index is 1060. The quantitative estimate of drug-likeness (QED) is 0.542. The van der Waals surface area contributed by atoms with Gasteiger partial charge >= 0.3 is 6.01 Å². The minimum absolute atomic E-state index is 0.0312. The summed E-state index contributed by atoms with van der Waals surface area (Å²) < 4.78 is 15.8. The molecule has 34 heavy (non-hydrogen) atoms. The SMILES string of the molecule is COc1ccc(-c2noc(N3CCC(C(=O)NCC4CCN(Cc5ccoc5)C4)CC3)n2)cc1. The van der Waals surface area contributed by atoms with Gasteiger partial charge in [0.1, 0.15) is 5.75 Å². The number of aromatic nitrogens is 2. The number of likely N-dealkylation sites (tertiary alicyclic amines) is 1. The molecule has 1 amide bonds. The Balaban J connectivity index is 1.05. The molecule has 2 fully saturated rings. The molecule has 2 aliphatic heterocycles. The number of piperidine rings is 1.